The van der Waals surface area contributed by atoms with Gasteiger partial charge in [-0.3, -0.25) is 4.99 Å². The van der Waals surface area contributed by atoms with E-state index in [1.54, 1.807) is 0 Å². The van der Waals surface area contributed by atoms with Gasteiger partial charge in [-0.05, 0) is 30.0 Å². The van der Waals surface area contributed by atoms with Crippen molar-refractivity contribution in [3.63, 3.8) is 0 Å². The summed E-state index contributed by atoms with van der Waals surface area (Å²) in [5.74, 6) is 1.59. The molecule has 0 spiro atoms. The number of aliphatic imine (C=N–C) groups is 1. The van der Waals surface area contributed by atoms with Gasteiger partial charge in [-0.1, -0.05) is 26.0 Å². The van der Waals surface area contributed by atoms with E-state index in [1.807, 2.05) is 24.3 Å². The largest absolute Gasteiger partial charge is 0.493 e. The molecule has 0 atom stereocenters. The maximum atomic E-state index is 5.60. The maximum absolute atomic E-state index is 5.60. The summed E-state index contributed by atoms with van der Waals surface area (Å²) in [6, 6.07) is 8.04. The first-order valence-corrected chi connectivity index (χ1v) is 5.85. The lowest BCUT2D eigenvalue weighted by atomic mass is 10.1. The Bertz CT molecular complexity index is 353. The van der Waals surface area contributed by atoms with Crippen LogP contribution in [0.4, 0.5) is 0 Å². The lowest BCUT2D eigenvalue weighted by Gasteiger charge is -2.08. The molecule has 1 aromatic carbocycles. The maximum Gasteiger partial charge on any atom is 0.185 e. The predicted molar refractivity (Wildman–Crippen MR) is 71.2 cm³/mol. The van der Waals surface area contributed by atoms with Gasteiger partial charge in [0.2, 0.25) is 0 Å². The first-order valence-electron chi connectivity index (χ1n) is 5.85. The second-order valence-electron chi connectivity index (χ2n) is 4.41. The summed E-state index contributed by atoms with van der Waals surface area (Å²) in [5.41, 5.74) is 11.7. The summed E-state index contributed by atoms with van der Waals surface area (Å²) in [6.45, 7) is 5.62. The predicted octanol–water partition coefficient (Wildman–Crippen LogP) is 1.54. The van der Waals surface area contributed by atoms with Crippen LogP contribution >= 0.6 is 0 Å². The quantitative estimate of drug-likeness (QED) is 0.580. The second kappa shape index (κ2) is 6.78. The molecule has 0 bridgehead atoms. The van der Waals surface area contributed by atoms with Crippen molar-refractivity contribution in [1.29, 1.82) is 0 Å². The molecule has 0 radical (unpaired) electrons. The summed E-state index contributed by atoms with van der Waals surface area (Å²) in [6.07, 6.45) is 0.836. The van der Waals surface area contributed by atoms with Gasteiger partial charge in [0.25, 0.3) is 0 Å². The molecule has 1 aromatic rings. The van der Waals surface area contributed by atoms with Crippen LogP contribution in [-0.4, -0.2) is 19.1 Å². The molecule has 0 heterocycles. The normalized spacial score (nSPS) is 10.3. The zero-order valence-corrected chi connectivity index (χ0v) is 10.5. The van der Waals surface area contributed by atoms with Crippen LogP contribution in [0.3, 0.4) is 0 Å². The molecule has 1 rings (SSSR count). The van der Waals surface area contributed by atoms with Crippen LogP contribution in [0.2, 0.25) is 0 Å². The van der Waals surface area contributed by atoms with Crippen molar-refractivity contribution >= 4 is 5.96 Å². The number of hydrogen-bond acceptors (Lipinski definition) is 2. The van der Waals surface area contributed by atoms with Gasteiger partial charge < -0.3 is 16.2 Å². The molecule has 0 amide bonds. The van der Waals surface area contributed by atoms with Crippen molar-refractivity contribution in [3.8, 4) is 5.75 Å². The highest BCUT2D eigenvalue weighted by molar-refractivity contribution is 5.75. The van der Waals surface area contributed by atoms with E-state index in [4.69, 9.17) is 16.2 Å². The lowest BCUT2D eigenvalue weighted by Crippen LogP contribution is -2.23. The van der Waals surface area contributed by atoms with Gasteiger partial charge in [0.05, 0.1) is 6.61 Å². The second-order valence-corrected chi connectivity index (χ2v) is 4.41. The number of benzene rings is 1. The van der Waals surface area contributed by atoms with Crippen LogP contribution in [-0.2, 0) is 6.42 Å². The first kappa shape index (κ1) is 13.4. The standard InChI is InChI=1S/C13H21N3O/c1-10(2)9-17-12-5-3-11(4-6-12)7-8-16-13(14)15/h3-6,10H,7-9H2,1-2H3,(H4,14,15,16). The van der Waals surface area contributed by atoms with Gasteiger partial charge >= 0.3 is 0 Å². The number of hydrogen-bond donors (Lipinski definition) is 2. The Morgan fingerprint density at radius 3 is 2.41 bits per heavy atom. The number of nitrogens with two attached hydrogens (primary N) is 2. The highest BCUT2D eigenvalue weighted by atomic mass is 16.5. The summed E-state index contributed by atoms with van der Waals surface area (Å²) in [7, 11) is 0. The monoisotopic (exact) mass is 235 g/mol. The Hall–Kier alpha value is -1.71. The summed E-state index contributed by atoms with van der Waals surface area (Å²) in [4.78, 5) is 3.94. The van der Waals surface area contributed by atoms with E-state index < -0.39 is 0 Å². The first-order chi connectivity index (χ1) is 8.08. The number of rotatable bonds is 6. The van der Waals surface area contributed by atoms with Crippen molar-refractivity contribution in [2.24, 2.45) is 22.4 Å². The Balaban J connectivity index is 2.42. The zero-order chi connectivity index (χ0) is 12.7. The van der Waals surface area contributed by atoms with Crippen molar-refractivity contribution in [3.05, 3.63) is 29.8 Å². The molecule has 17 heavy (non-hydrogen) atoms. The third-order valence-corrected chi connectivity index (χ3v) is 2.20. The van der Waals surface area contributed by atoms with E-state index in [0.29, 0.717) is 12.5 Å². The molecule has 0 aliphatic carbocycles. The van der Waals surface area contributed by atoms with Crippen LogP contribution in [0.5, 0.6) is 5.75 Å². The molecule has 0 aliphatic heterocycles. The molecule has 0 aromatic heterocycles. The third kappa shape index (κ3) is 5.80. The Morgan fingerprint density at radius 1 is 1.24 bits per heavy atom. The highest BCUT2D eigenvalue weighted by Gasteiger charge is 1.98. The van der Waals surface area contributed by atoms with Crippen LogP contribution < -0.4 is 16.2 Å². The van der Waals surface area contributed by atoms with Crippen LogP contribution in [0.1, 0.15) is 19.4 Å². The summed E-state index contributed by atoms with van der Waals surface area (Å²) < 4.78 is 5.60. The Morgan fingerprint density at radius 2 is 1.88 bits per heavy atom. The SMILES string of the molecule is CC(C)COc1ccc(CCN=C(N)N)cc1. The highest BCUT2D eigenvalue weighted by Crippen LogP contribution is 2.13. The van der Waals surface area contributed by atoms with Gasteiger partial charge in [-0.25, -0.2) is 0 Å². The molecular formula is C13H21N3O. The van der Waals surface area contributed by atoms with Gasteiger partial charge in [0.15, 0.2) is 5.96 Å². The Kier molecular flexibility index (Phi) is 5.33. The van der Waals surface area contributed by atoms with Crippen molar-refractivity contribution in [1.82, 2.24) is 0 Å². The fraction of sp³-hybridized carbons (Fsp3) is 0.462. The average Bonchev–Trinajstić information content (AvgIpc) is 2.27. The van der Waals surface area contributed by atoms with E-state index in [9.17, 15) is 0 Å². The van der Waals surface area contributed by atoms with Gasteiger partial charge in [-0.15, -0.1) is 0 Å². The molecular weight excluding hydrogens is 214 g/mol. The molecule has 4 N–H and O–H groups in total. The minimum Gasteiger partial charge on any atom is -0.493 e. The van der Waals surface area contributed by atoms with Crippen molar-refractivity contribution in [2.75, 3.05) is 13.2 Å². The van der Waals surface area contributed by atoms with Crippen molar-refractivity contribution in [2.45, 2.75) is 20.3 Å². The topological polar surface area (TPSA) is 73.6 Å². The summed E-state index contributed by atoms with van der Waals surface area (Å²) >= 11 is 0. The van der Waals surface area contributed by atoms with Crippen LogP contribution in [0.25, 0.3) is 0 Å². The van der Waals surface area contributed by atoms with E-state index in [1.165, 1.54) is 5.56 Å². The van der Waals surface area contributed by atoms with E-state index >= 15 is 0 Å². The van der Waals surface area contributed by atoms with E-state index in [-0.39, 0.29) is 5.96 Å². The van der Waals surface area contributed by atoms with Gasteiger partial charge in [-0.2, -0.15) is 0 Å². The summed E-state index contributed by atoms with van der Waals surface area (Å²) in [5, 5.41) is 0. The number of ether oxygens (including phenoxy) is 1. The fourth-order valence-corrected chi connectivity index (χ4v) is 1.33. The molecule has 0 unspecified atom stereocenters. The minimum atomic E-state index is 0.141. The van der Waals surface area contributed by atoms with Gasteiger partial charge in [0, 0.05) is 6.54 Å². The Labute approximate surface area is 103 Å². The molecule has 94 valence electrons. The molecule has 0 saturated heterocycles. The van der Waals surface area contributed by atoms with Crippen molar-refractivity contribution < 1.29 is 4.74 Å². The van der Waals surface area contributed by atoms with E-state index in [2.05, 4.69) is 18.8 Å². The zero-order valence-electron chi connectivity index (χ0n) is 10.5. The fourth-order valence-electron chi connectivity index (χ4n) is 1.33. The third-order valence-electron chi connectivity index (χ3n) is 2.20. The molecule has 0 aliphatic rings. The molecule has 4 nitrogen and oxygen atoms in total. The molecule has 0 saturated carbocycles. The lowest BCUT2D eigenvalue weighted by molar-refractivity contribution is 0.271. The minimum absolute atomic E-state index is 0.141. The number of guanidine groups is 1. The smallest absolute Gasteiger partial charge is 0.185 e. The van der Waals surface area contributed by atoms with Gasteiger partial charge in [0.1, 0.15) is 5.75 Å². The molecule has 0 fully saturated rings. The number of nitrogens with zero attached hydrogens (tertiary/aromatic N) is 1. The average molecular weight is 235 g/mol. The van der Waals surface area contributed by atoms with E-state index in [0.717, 1.165) is 18.8 Å². The van der Waals surface area contributed by atoms with Crippen LogP contribution in [0.15, 0.2) is 29.3 Å². The van der Waals surface area contributed by atoms with Crippen LogP contribution in [0, 0.1) is 5.92 Å². The molecule has 4 heteroatoms.